The second-order valence-electron chi connectivity index (χ2n) is 10.9. The van der Waals surface area contributed by atoms with Crippen LogP contribution in [0.1, 0.15) is 206 Å². The third-order valence-corrected chi connectivity index (χ3v) is 7.21. The van der Waals surface area contributed by atoms with Crippen LogP contribution in [0.2, 0.25) is 0 Å². The van der Waals surface area contributed by atoms with Crippen LogP contribution >= 0.6 is 0 Å². The minimum Gasteiger partial charge on any atom is -0.343 e. The smallest absolute Gasteiger partial charge is 0.343 e. The molecule has 0 aliphatic carbocycles. The molecule has 0 saturated carbocycles. The number of unbranched alkanes of at least 4 members (excludes halogenated alkanes) is 28. The van der Waals surface area contributed by atoms with Crippen molar-refractivity contribution in [3.05, 3.63) is 13.8 Å². The first-order chi connectivity index (χ1) is 16.8. The fraction of sp³-hybridized carbons (Fsp3) is 0.941. The van der Waals surface area contributed by atoms with Gasteiger partial charge in [-0.2, -0.15) is 12.8 Å². The quantitative estimate of drug-likeness (QED) is 0.0522. The monoisotopic (exact) mass is 542 g/mol. The molecule has 0 N–H and O–H groups in total. The van der Waals surface area contributed by atoms with E-state index in [0.717, 1.165) is 12.8 Å². The molecule has 0 radical (unpaired) electrons. The maximum atomic E-state index is 3.88. The molecule has 0 aliphatic rings. The maximum absolute atomic E-state index is 3.88. The third kappa shape index (κ3) is 45.0. The third-order valence-electron chi connectivity index (χ3n) is 7.21. The largest absolute Gasteiger partial charge is 2.00 e. The van der Waals surface area contributed by atoms with Gasteiger partial charge in [0.2, 0.25) is 0 Å². The van der Waals surface area contributed by atoms with E-state index in [4.69, 9.17) is 0 Å². The van der Waals surface area contributed by atoms with Gasteiger partial charge in [-0.3, -0.25) is 0 Å². The number of hydrogen-bond donors (Lipinski definition) is 0. The van der Waals surface area contributed by atoms with E-state index >= 15 is 0 Å². The minimum atomic E-state index is 0. The molecular weight excluding hydrogens is 474 g/mol. The van der Waals surface area contributed by atoms with E-state index in [1.165, 1.54) is 180 Å². The summed E-state index contributed by atoms with van der Waals surface area (Å²) in [5.74, 6) is 0. The molecule has 0 unspecified atom stereocenters. The van der Waals surface area contributed by atoms with Crippen molar-refractivity contribution >= 4 is 0 Å². The Morgan fingerprint density at radius 3 is 0.543 bits per heavy atom. The van der Waals surface area contributed by atoms with Crippen molar-refractivity contribution in [1.82, 2.24) is 0 Å². The van der Waals surface area contributed by atoms with E-state index < -0.39 is 0 Å². The molecule has 0 bridgehead atoms. The predicted octanol–water partition coefficient (Wildman–Crippen LogP) is 13.4. The fourth-order valence-corrected chi connectivity index (χ4v) is 4.74. The van der Waals surface area contributed by atoms with Crippen molar-refractivity contribution in [3.63, 3.8) is 0 Å². The SMILES string of the molecule is [CH2-]CCCCCCCCCCCCCCCC.[CH2-]CCCCCCCCCCCCCCCC.[Zn+2]. The summed E-state index contributed by atoms with van der Waals surface area (Å²) in [6.07, 6.45) is 42.7. The standard InChI is InChI=1S/2C17H35.Zn/c2*1-3-5-7-9-11-13-15-17-16-14-12-10-8-6-4-2;/h2*1,3-17H2,2H3;/q2*-1;+2. The van der Waals surface area contributed by atoms with Crippen LogP contribution in [-0.2, 0) is 19.5 Å². The average molecular weight is 544 g/mol. The normalized spacial score (nSPS) is 10.6. The summed E-state index contributed by atoms with van der Waals surface area (Å²) in [7, 11) is 0. The summed E-state index contributed by atoms with van der Waals surface area (Å²) in [6.45, 7) is 12.3. The minimum absolute atomic E-state index is 0. The van der Waals surface area contributed by atoms with Crippen LogP contribution in [0.4, 0.5) is 0 Å². The summed E-state index contributed by atoms with van der Waals surface area (Å²) in [4.78, 5) is 0. The topological polar surface area (TPSA) is 0 Å². The van der Waals surface area contributed by atoms with Crippen molar-refractivity contribution in [2.75, 3.05) is 0 Å². The molecule has 0 amide bonds. The summed E-state index contributed by atoms with van der Waals surface area (Å²) in [5, 5.41) is 0. The molecule has 35 heavy (non-hydrogen) atoms. The molecule has 0 saturated heterocycles. The summed E-state index contributed by atoms with van der Waals surface area (Å²) in [5.41, 5.74) is 0. The molecule has 0 fully saturated rings. The molecule has 0 aromatic heterocycles. The van der Waals surface area contributed by atoms with Crippen LogP contribution in [0, 0.1) is 13.8 Å². The van der Waals surface area contributed by atoms with Gasteiger partial charge in [0.25, 0.3) is 0 Å². The van der Waals surface area contributed by atoms with Crippen molar-refractivity contribution < 1.29 is 19.5 Å². The van der Waals surface area contributed by atoms with Gasteiger partial charge in [0.15, 0.2) is 0 Å². The van der Waals surface area contributed by atoms with Crippen LogP contribution in [0.25, 0.3) is 0 Å². The second kappa shape index (κ2) is 41.7. The van der Waals surface area contributed by atoms with Gasteiger partial charge in [0, 0.05) is 0 Å². The molecule has 0 aromatic rings. The Morgan fingerprint density at radius 1 is 0.257 bits per heavy atom. The zero-order valence-corrected chi connectivity index (χ0v) is 28.3. The first-order valence-electron chi connectivity index (χ1n) is 16.4. The summed E-state index contributed by atoms with van der Waals surface area (Å²) in [6, 6.07) is 0. The Bertz CT molecular complexity index is 243. The Morgan fingerprint density at radius 2 is 0.400 bits per heavy atom. The van der Waals surface area contributed by atoms with Gasteiger partial charge >= 0.3 is 19.5 Å². The molecule has 208 valence electrons. The van der Waals surface area contributed by atoms with Gasteiger partial charge in [0.05, 0.1) is 0 Å². The zero-order chi connectivity index (χ0) is 25.2. The van der Waals surface area contributed by atoms with Crippen LogP contribution in [0.3, 0.4) is 0 Å². The molecule has 0 aromatic carbocycles. The Labute approximate surface area is 239 Å². The average Bonchev–Trinajstić information content (AvgIpc) is 2.85. The first kappa shape index (κ1) is 40.1. The Hall–Kier alpha value is 0.623. The first-order valence-corrected chi connectivity index (χ1v) is 16.4. The number of rotatable bonds is 28. The molecule has 0 atom stereocenters. The van der Waals surface area contributed by atoms with Crippen molar-refractivity contribution in [2.24, 2.45) is 0 Å². The van der Waals surface area contributed by atoms with E-state index in [1.54, 1.807) is 0 Å². The molecule has 0 heterocycles. The molecule has 0 rings (SSSR count). The van der Waals surface area contributed by atoms with Crippen LogP contribution < -0.4 is 0 Å². The van der Waals surface area contributed by atoms with E-state index in [0.29, 0.717) is 0 Å². The number of hydrogen-bond acceptors (Lipinski definition) is 0. The molecule has 0 spiro atoms. The van der Waals surface area contributed by atoms with Crippen molar-refractivity contribution in [3.8, 4) is 0 Å². The second-order valence-corrected chi connectivity index (χ2v) is 10.9. The van der Waals surface area contributed by atoms with Crippen LogP contribution in [0.15, 0.2) is 0 Å². The summed E-state index contributed by atoms with van der Waals surface area (Å²) >= 11 is 0. The Kier molecular flexibility index (Phi) is 47.9. The van der Waals surface area contributed by atoms with Gasteiger partial charge in [0.1, 0.15) is 0 Å². The molecule has 1 heteroatoms. The van der Waals surface area contributed by atoms with Crippen molar-refractivity contribution in [2.45, 2.75) is 206 Å². The van der Waals surface area contributed by atoms with Crippen LogP contribution in [-0.4, -0.2) is 0 Å². The zero-order valence-electron chi connectivity index (χ0n) is 25.3. The van der Waals surface area contributed by atoms with Crippen LogP contribution in [0.5, 0.6) is 0 Å². The van der Waals surface area contributed by atoms with Gasteiger partial charge < -0.3 is 13.8 Å². The maximum Gasteiger partial charge on any atom is 2.00 e. The van der Waals surface area contributed by atoms with Gasteiger partial charge in [-0.25, -0.2) is 0 Å². The summed E-state index contributed by atoms with van der Waals surface area (Å²) < 4.78 is 0. The van der Waals surface area contributed by atoms with Crippen molar-refractivity contribution in [1.29, 1.82) is 0 Å². The molecule has 0 nitrogen and oxygen atoms in total. The molecule has 0 aliphatic heterocycles. The fourth-order valence-electron chi connectivity index (χ4n) is 4.74. The molecular formula is C34H70Zn. The Balaban J connectivity index is -0.000000569. The van der Waals surface area contributed by atoms with E-state index in [1.807, 2.05) is 0 Å². The van der Waals surface area contributed by atoms with E-state index in [2.05, 4.69) is 27.7 Å². The van der Waals surface area contributed by atoms with Gasteiger partial charge in [-0.15, -0.1) is 0 Å². The van der Waals surface area contributed by atoms with Gasteiger partial charge in [-0.05, 0) is 0 Å². The predicted molar refractivity (Wildman–Crippen MR) is 161 cm³/mol. The van der Waals surface area contributed by atoms with Gasteiger partial charge in [-0.1, -0.05) is 194 Å². The van der Waals surface area contributed by atoms with E-state index in [-0.39, 0.29) is 19.5 Å². The van der Waals surface area contributed by atoms with E-state index in [9.17, 15) is 0 Å².